The lowest BCUT2D eigenvalue weighted by Crippen LogP contribution is -1.74. The number of hydrogen-bond donors (Lipinski definition) is 1. The lowest BCUT2D eigenvalue weighted by molar-refractivity contribution is -0.402. The van der Waals surface area contributed by atoms with Crippen LogP contribution in [-0.4, -0.2) is 5.09 Å². The number of rotatable bonds is 0. The zero-order valence-electron chi connectivity index (χ0n) is 2.67. The van der Waals surface area contributed by atoms with Crippen LogP contribution < -0.4 is 6.15 Å². The quantitative estimate of drug-likeness (QED) is 0.257. The Hall–Kier alpha value is -0.840. The van der Waals surface area contributed by atoms with E-state index in [9.17, 15) is 0 Å². The van der Waals surface area contributed by atoms with Gasteiger partial charge in [-0.05, 0) is 0 Å². The summed E-state index contributed by atoms with van der Waals surface area (Å²) in [6, 6.07) is 0. The molecule has 0 aromatic heterocycles. The first-order chi connectivity index (χ1) is 1.73. The van der Waals surface area contributed by atoms with Gasteiger partial charge in [-0.3, -0.25) is 0 Å². The van der Waals surface area contributed by atoms with E-state index in [2.05, 4.69) is 0 Å². The van der Waals surface area contributed by atoms with Crippen LogP contribution in [0.4, 0.5) is 0 Å². The molecule has 5 heavy (non-hydrogen) atoms. The Morgan fingerprint density at radius 1 is 1.40 bits per heavy atom. The highest BCUT2D eigenvalue weighted by atomic mass is 18.6. The minimum atomic E-state index is -1.75. The number of hydrogen-bond acceptors (Lipinski definition) is 3. The van der Waals surface area contributed by atoms with Crippen LogP contribution in [0.15, 0.2) is 0 Å². The van der Waals surface area contributed by atoms with Crippen molar-refractivity contribution in [1.82, 2.24) is 6.15 Å². The van der Waals surface area contributed by atoms with Gasteiger partial charge in [-0.1, -0.05) is 0 Å². The molecule has 0 saturated carbocycles. The summed E-state index contributed by atoms with van der Waals surface area (Å²) in [5.74, 6) is 0. The fourth-order valence-corrected chi connectivity index (χ4v) is 0. The summed E-state index contributed by atoms with van der Waals surface area (Å²) in [6.45, 7) is 0. The van der Waals surface area contributed by atoms with Crippen LogP contribution in [0, 0.1) is 15.3 Å². The van der Waals surface area contributed by atoms with E-state index in [-0.39, 0.29) is 6.15 Å². The fraction of sp³-hybridized carbons (Fsp3) is 0. The molecular formula is H4N2O3. The smallest absolute Gasteiger partial charge is 0.0689 e. The molecule has 0 radical (unpaired) electrons. The minimum Gasteiger partial charge on any atom is -0.369 e. The van der Waals surface area contributed by atoms with Crippen molar-refractivity contribution < 1.29 is 5.09 Å². The molecule has 0 aliphatic rings. The Morgan fingerprint density at radius 2 is 1.40 bits per heavy atom. The molecule has 0 saturated heterocycles. The molecule has 32 valence electrons. The van der Waals surface area contributed by atoms with Gasteiger partial charge in [0.1, 0.15) is 0 Å². The van der Waals surface area contributed by atoms with Crippen molar-refractivity contribution >= 4 is 0 Å². The van der Waals surface area contributed by atoms with Crippen molar-refractivity contribution in [2.75, 3.05) is 0 Å². The van der Waals surface area contributed by atoms with E-state index in [1.54, 1.807) is 0 Å². The van der Waals surface area contributed by atoms with Crippen LogP contribution in [0.3, 0.4) is 0 Å². The van der Waals surface area contributed by atoms with Crippen molar-refractivity contribution in [3.8, 4) is 0 Å². The van der Waals surface area contributed by atoms with E-state index in [0.29, 0.717) is 0 Å². The molecule has 0 rings (SSSR count). The third-order valence-electron chi connectivity index (χ3n) is 0. The van der Waals surface area contributed by atoms with Gasteiger partial charge in [-0.25, -0.2) is 0 Å². The molecule has 0 atom stereocenters. The molecule has 0 spiro atoms. The first-order valence-electron chi connectivity index (χ1n) is 0.548. The third kappa shape index (κ3) is 6.03. The SMILES string of the molecule is [18O]=[N+]([18O-])[18O-].[NH4+]. The molecular weight excluding hydrogens is 82.0 g/mol. The number of nitrogens with zero attached hydrogens (tertiary/aromatic N) is 1. The molecule has 0 heterocycles. The van der Waals surface area contributed by atoms with Gasteiger partial charge in [0, 0.05) is 0 Å². The van der Waals surface area contributed by atoms with E-state index in [1.165, 1.54) is 0 Å². The predicted molar refractivity (Wildman–Crippen MR) is 16.3 cm³/mol. The monoisotopic (exact) mass is 86.0 g/mol. The fourth-order valence-electron chi connectivity index (χ4n) is 0. The molecule has 0 amide bonds. The van der Waals surface area contributed by atoms with E-state index in [1.807, 2.05) is 0 Å². The van der Waals surface area contributed by atoms with Crippen LogP contribution in [0.25, 0.3) is 0 Å². The maximum atomic E-state index is 8.25. The maximum absolute atomic E-state index is 8.25. The van der Waals surface area contributed by atoms with E-state index >= 15 is 0 Å². The van der Waals surface area contributed by atoms with Gasteiger partial charge in [-0.15, -0.1) is 0 Å². The van der Waals surface area contributed by atoms with Gasteiger partial charge < -0.3 is 21.5 Å². The Kier molecular flexibility index (Phi) is 5.63. The van der Waals surface area contributed by atoms with Crippen LogP contribution in [-0.2, 0) is 0 Å². The third-order valence-corrected chi connectivity index (χ3v) is 0. The van der Waals surface area contributed by atoms with Gasteiger partial charge in [0.15, 0.2) is 0 Å². The lowest BCUT2D eigenvalue weighted by Gasteiger charge is -1.74. The second-order valence-electron chi connectivity index (χ2n) is 0.224. The maximum Gasteiger partial charge on any atom is 0.0689 e. The summed E-state index contributed by atoms with van der Waals surface area (Å²) < 4.78 is 0. The van der Waals surface area contributed by atoms with Crippen molar-refractivity contribution in [3.05, 3.63) is 15.3 Å². The van der Waals surface area contributed by atoms with Crippen molar-refractivity contribution in [3.63, 3.8) is 0 Å². The highest BCUT2D eigenvalue weighted by Gasteiger charge is 1.45. The molecule has 5 heteroatoms. The van der Waals surface area contributed by atoms with Crippen molar-refractivity contribution in [2.45, 2.75) is 0 Å². The van der Waals surface area contributed by atoms with Crippen LogP contribution >= 0.6 is 0 Å². The first-order valence-corrected chi connectivity index (χ1v) is 0.548. The Morgan fingerprint density at radius 3 is 1.40 bits per heavy atom. The summed E-state index contributed by atoms with van der Waals surface area (Å²) in [4.78, 5) is 8.25. The summed E-state index contributed by atoms with van der Waals surface area (Å²) in [6.07, 6.45) is 0. The topological polar surface area (TPSA) is 103 Å². The van der Waals surface area contributed by atoms with Gasteiger partial charge in [0.05, 0.1) is 5.09 Å². The molecule has 0 aliphatic carbocycles. The summed E-state index contributed by atoms with van der Waals surface area (Å²) in [7, 11) is 0. The Labute approximate surface area is 27.9 Å². The van der Waals surface area contributed by atoms with Crippen molar-refractivity contribution in [1.29, 1.82) is 0 Å². The van der Waals surface area contributed by atoms with Gasteiger partial charge in [0.25, 0.3) is 0 Å². The molecule has 0 bridgehead atoms. The molecule has 0 aromatic rings. The summed E-state index contributed by atoms with van der Waals surface area (Å²) in [5, 5.41) is 14.8. The molecule has 0 unspecified atom stereocenters. The van der Waals surface area contributed by atoms with Crippen LogP contribution in [0.1, 0.15) is 0 Å². The predicted octanol–water partition coefficient (Wildman–Crippen LogP) is 0.137. The molecule has 0 fully saturated rings. The van der Waals surface area contributed by atoms with E-state index < -0.39 is 5.09 Å². The molecule has 0 aromatic carbocycles. The summed E-state index contributed by atoms with van der Waals surface area (Å²) in [5.41, 5.74) is 0. The van der Waals surface area contributed by atoms with Gasteiger partial charge >= 0.3 is 0 Å². The highest BCUT2D eigenvalue weighted by molar-refractivity contribution is 4.03. The first kappa shape index (κ1) is 8.90. The van der Waals surface area contributed by atoms with Gasteiger partial charge in [-0.2, -0.15) is 0 Å². The number of quaternary nitrogens is 1. The summed E-state index contributed by atoms with van der Waals surface area (Å²) >= 11 is 0. The normalized spacial score (nSPS) is 4.80. The average molecular weight is 86.0 g/mol. The van der Waals surface area contributed by atoms with Crippen LogP contribution in [0.2, 0.25) is 0 Å². The molecule has 5 nitrogen and oxygen atoms in total. The van der Waals surface area contributed by atoms with E-state index in [0.717, 1.165) is 0 Å². The van der Waals surface area contributed by atoms with Gasteiger partial charge in [0.2, 0.25) is 0 Å². The minimum absolute atomic E-state index is 0. The Balaban J connectivity index is 0. The van der Waals surface area contributed by atoms with Crippen LogP contribution in [0.5, 0.6) is 0 Å². The standard InChI is InChI=1S/NO3.H3N/c2-1(3)4;/h;1H3/q-1;/p+1/i2+2,3+2,4+2;. The lowest BCUT2D eigenvalue weighted by atomic mass is 13.5. The molecule has 0 aliphatic heterocycles. The Bertz CT molecular complexity index is 27.9. The second-order valence-corrected chi connectivity index (χ2v) is 0.224. The largest absolute Gasteiger partial charge is 0.369 e. The highest BCUT2D eigenvalue weighted by Crippen LogP contribution is 1.44. The zero-order chi connectivity index (χ0) is 3.58. The zero-order valence-corrected chi connectivity index (χ0v) is 2.67. The van der Waals surface area contributed by atoms with Crippen molar-refractivity contribution in [2.24, 2.45) is 0 Å². The second kappa shape index (κ2) is 3.16. The molecule has 4 N–H and O–H groups in total. The average Bonchev–Trinajstić information content (AvgIpc) is 0.811. The van der Waals surface area contributed by atoms with E-state index in [4.69, 9.17) is 15.3 Å².